The van der Waals surface area contributed by atoms with Gasteiger partial charge in [-0.3, -0.25) is 0 Å². The molecule has 1 aromatic rings. The molecule has 0 aromatic carbocycles. The van der Waals surface area contributed by atoms with Crippen LogP contribution in [0.4, 0.5) is 5.13 Å². The van der Waals surface area contributed by atoms with Crippen LogP contribution >= 0.6 is 22.9 Å². The van der Waals surface area contributed by atoms with Crippen LogP contribution in [-0.4, -0.2) is 24.2 Å². The highest BCUT2D eigenvalue weighted by molar-refractivity contribution is 7.16. The third-order valence-corrected chi connectivity index (χ3v) is 4.25. The van der Waals surface area contributed by atoms with Crippen molar-refractivity contribution < 1.29 is 4.74 Å². The van der Waals surface area contributed by atoms with E-state index in [2.05, 4.69) is 17.2 Å². The molecule has 1 N–H and O–H groups in total. The third kappa shape index (κ3) is 2.89. The molecule has 1 aliphatic heterocycles. The van der Waals surface area contributed by atoms with E-state index in [1.807, 2.05) is 6.07 Å². The molecule has 1 saturated heterocycles. The third-order valence-electron chi connectivity index (χ3n) is 2.95. The molecule has 2 atom stereocenters. The van der Waals surface area contributed by atoms with E-state index in [0.717, 1.165) is 26.0 Å². The Hall–Kier alpha value is -0.830. The first-order valence-electron chi connectivity index (χ1n) is 5.66. The number of ether oxygens (including phenoxy) is 1. The summed E-state index contributed by atoms with van der Waals surface area (Å²) in [6, 6.07) is 2.02. The predicted molar refractivity (Wildman–Crippen MR) is 68.5 cm³/mol. The van der Waals surface area contributed by atoms with Crippen molar-refractivity contribution in [2.75, 3.05) is 18.5 Å². The van der Waals surface area contributed by atoms with Crippen LogP contribution in [0.3, 0.4) is 0 Å². The van der Waals surface area contributed by atoms with Crippen LogP contribution in [0.25, 0.3) is 0 Å². The Balaban J connectivity index is 1.91. The van der Waals surface area contributed by atoms with E-state index < -0.39 is 0 Å². The number of anilines is 1. The van der Waals surface area contributed by atoms with Crippen LogP contribution in [0.15, 0.2) is 0 Å². The fourth-order valence-corrected chi connectivity index (χ4v) is 3.00. The highest BCUT2D eigenvalue weighted by atomic mass is 35.5. The first-order chi connectivity index (χ1) is 8.24. The van der Waals surface area contributed by atoms with Crippen molar-refractivity contribution in [2.24, 2.45) is 5.92 Å². The van der Waals surface area contributed by atoms with Gasteiger partial charge < -0.3 is 10.1 Å². The summed E-state index contributed by atoms with van der Waals surface area (Å²) in [6.07, 6.45) is 2.46. The quantitative estimate of drug-likeness (QED) is 0.915. The minimum Gasteiger partial charge on any atom is -0.378 e. The minimum absolute atomic E-state index is 0.287. The fourth-order valence-electron chi connectivity index (χ4n) is 2.04. The molecule has 1 fully saturated rings. The molecule has 4 nitrogen and oxygen atoms in total. The molecule has 0 amide bonds. The summed E-state index contributed by atoms with van der Waals surface area (Å²) in [7, 11) is 0. The first kappa shape index (κ1) is 12.6. The normalized spacial score (nSPS) is 23.6. The van der Waals surface area contributed by atoms with E-state index in [1.54, 1.807) is 0 Å². The van der Waals surface area contributed by atoms with Crippen molar-refractivity contribution in [3.05, 3.63) is 10.0 Å². The number of hydrogen-bond donors (Lipinski definition) is 1. The Morgan fingerprint density at radius 1 is 1.71 bits per heavy atom. The van der Waals surface area contributed by atoms with Crippen molar-refractivity contribution in [1.29, 1.82) is 5.26 Å². The van der Waals surface area contributed by atoms with Crippen LogP contribution < -0.4 is 5.32 Å². The van der Waals surface area contributed by atoms with Crippen LogP contribution in [0.2, 0.25) is 5.15 Å². The topological polar surface area (TPSA) is 57.9 Å². The van der Waals surface area contributed by atoms with Crippen LogP contribution in [0.5, 0.6) is 0 Å². The highest BCUT2D eigenvalue weighted by Gasteiger charge is 2.26. The Morgan fingerprint density at radius 3 is 3.18 bits per heavy atom. The summed E-state index contributed by atoms with van der Waals surface area (Å²) in [5, 5.41) is 13.0. The van der Waals surface area contributed by atoms with E-state index in [-0.39, 0.29) is 5.15 Å². The highest BCUT2D eigenvalue weighted by Crippen LogP contribution is 2.28. The van der Waals surface area contributed by atoms with Crippen LogP contribution in [0, 0.1) is 17.2 Å². The summed E-state index contributed by atoms with van der Waals surface area (Å²) < 4.78 is 5.62. The fraction of sp³-hybridized carbons (Fsp3) is 0.636. The van der Waals surface area contributed by atoms with Crippen molar-refractivity contribution in [2.45, 2.75) is 25.9 Å². The molecular formula is C11H14ClN3OS. The smallest absolute Gasteiger partial charge is 0.185 e. The number of thiazole rings is 1. The Labute approximate surface area is 110 Å². The van der Waals surface area contributed by atoms with E-state index in [9.17, 15) is 0 Å². The van der Waals surface area contributed by atoms with Crippen LogP contribution in [0.1, 0.15) is 24.6 Å². The number of nitriles is 1. The molecule has 17 heavy (non-hydrogen) atoms. The van der Waals surface area contributed by atoms with E-state index in [1.165, 1.54) is 11.3 Å². The second-order valence-electron chi connectivity index (χ2n) is 4.00. The Bertz CT molecular complexity index is 429. The lowest BCUT2D eigenvalue weighted by Gasteiger charge is -2.16. The van der Waals surface area contributed by atoms with Crippen molar-refractivity contribution in [3.8, 4) is 6.07 Å². The molecule has 0 spiro atoms. The zero-order valence-electron chi connectivity index (χ0n) is 9.57. The monoisotopic (exact) mass is 271 g/mol. The number of nitrogens with zero attached hydrogens (tertiary/aromatic N) is 2. The average Bonchev–Trinajstić information content (AvgIpc) is 2.92. The Morgan fingerprint density at radius 2 is 2.53 bits per heavy atom. The second kappa shape index (κ2) is 5.67. The number of aromatic nitrogens is 1. The van der Waals surface area contributed by atoms with Gasteiger partial charge >= 0.3 is 0 Å². The molecule has 92 valence electrons. The molecule has 2 heterocycles. The molecule has 0 saturated carbocycles. The maximum Gasteiger partial charge on any atom is 0.185 e. The van der Waals surface area contributed by atoms with E-state index in [0.29, 0.717) is 22.0 Å². The van der Waals surface area contributed by atoms with Gasteiger partial charge in [0.15, 0.2) is 10.3 Å². The molecule has 1 aromatic heterocycles. The lowest BCUT2D eigenvalue weighted by molar-refractivity contribution is 0.0900. The van der Waals surface area contributed by atoms with E-state index in [4.69, 9.17) is 21.6 Å². The standard InChI is InChI=1S/C11H14ClN3OS/c1-2-8-7(3-4-16-8)6-14-11-15-10(12)9(5-13)17-11/h7-8H,2-4,6H2,1H3,(H,14,15). The summed E-state index contributed by atoms with van der Waals surface area (Å²) in [5.74, 6) is 0.521. The molecule has 2 rings (SSSR count). The molecule has 0 aliphatic carbocycles. The lowest BCUT2D eigenvalue weighted by Crippen LogP contribution is -2.22. The van der Waals surface area contributed by atoms with Gasteiger partial charge in [0, 0.05) is 19.1 Å². The van der Waals surface area contributed by atoms with Gasteiger partial charge in [-0.2, -0.15) is 5.26 Å². The van der Waals surface area contributed by atoms with Gasteiger partial charge in [-0.05, 0) is 12.8 Å². The average molecular weight is 272 g/mol. The van der Waals surface area contributed by atoms with E-state index >= 15 is 0 Å². The van der Waals surface area contributed by atoms with Crippen LogP contribution in [-0.2, 0) is 4.74 Å². The van der Waals surface area contributed by atoms with Crippen molar-refractivity contribution in [1.82, 2.24) is 4.98 Å². The summed E-state index contributed by atoms with van der Waals surface area (Å²) >= 11 is 7.10. The summed E-state index contributed by atoms with van der Waals surface area (Å²) in [4.78, 5) is 4.56. The lowest BCUT2D eigenvalue weighted by atomic mass is 10.00. The molecule has 6 heteroatoms. The maximum absolute atomic E-state index is 8.78. The van der Waals surface area contributed by atoms with Gasteiger partial charge in [0.05, 0.1) is 6.10 Å². The maximum atomic E-state index is 8.78. The zero-order chi connectivity index (χ0) is 12.3. The van der Waals surface area contributed by atoms with Crippen molar-refractivity contribution >= 4 is 28.1 Å². The summed E-state index contributed by atoms with van der Waals surface area (Å²) in [6.45, 7) is 3.80. The molecule has 0 bridgehead atoms. The Kier molecular flexibility index (Phi) is 4.21. The number of nitrogens with one attached hydrogen (secondary N) is 1. The van der Waals surface area contributed by atoms with Gasteiger partial charge in [-0.25, -0.2) is 4.98 Å². The second-order valence-corrected chi connectivity index (χ2v) is 5.35. The molecule has 2 unspecified atom stereocenters. The number of rotatable bonds is 4. The van der Waals surface area contributed by atoms with Gasteiger partial charge in [0.1, 0.15) is 10.9 Å². The van der Waals surface area contributed by atoms with Gasteiger partial charge in [0.2, 0.25) is 0 Å². The minimum atomic E-state index is 0.287. The van der Waals surface area contributed by atoms with Gasteiger partial charge in [-0.15, -0.1) is 0 Å². The summed E-state index contributed by atoms with van der Waals surface area (Å²) in [5.41, 5.74) is 0. The predicted octanol–water partition coefficient (Wildman–Crippen LogP) is 2.90. The molecular weight excluding hydrogens is 258 g/mol. The SMILES string of the molecule is CCC1OCCC1CNc1nc(Cl)c(C#N)s1. The van der Waals surface area contributed by atoms with Crippen molar-refractivity contribution in [3.63, 3.8) is 0 Å². The van der Waals surface area contributed by atoms with Gasteiger partial charge in [-0.1, -0.05) is 29.9 Å². The number of halogens is 1. The van der Waals surface area contributed by atoms with Gasteiger partial charge in [0.25, 0.3) is 0 Å². The molecule has 0 radical (unpaired) electrons. The number of hydrogen-bond acceptors (Lipinski definition) is 5. The molecule has 1 aliphatic rings. The largest absolute Gasteiger partial charge is 0.378 e. The first-order valence-corrected chi connectivity index (χ1v) is 6.86. The zero-order valence-corrected chi connectivity index (χ0v) is 11.1.